The topological polar surface area (TPSA) is 137 Å². The number of hydrogen-bond acceptors (Lipinski definition) is 6. The average Bonchev–Trinajstić information content (AvgIpc) is 3.21. The number of anilines is 1. The highest BCUT2D eigenvalue weighted by Crippen LogP contribution is 2.33. The quantitative estimate of drug-likeness (QED) is 0.463. The van der Waals surface area contributed by atoms with Gasteiger partial charge in [0.15, 0.2) is 0 Å². The number of carbonyl (C=O) groups is 2. The number of aromatic nitrogens is 2. The van der Waals surface area contributed by atoms with Gasteiger partial charge in [0.2, 0.25) is 5.91 Å². The van der Waals surface area contributed by atoms with E-state index in [1.54, 1.807) is 33.8 Å². The minimum atomic E-state index is -0.669. The number of benzene rings is 2. The lowest BCUT2D eigenvalue weighted by molar-refractivity contribution is -0.127. The molecule has 1 unspecified atom stereocenters. The van der Waals surface area contributed by atoms with E-state index >= 15 is 0 Å². The van der Waals surface area contributed by atoms with Gasteiger partial charge in [0.25, 0.3) is 5.91 Å². The van der Waals surface area contributed by atoms with E-state index in [-0.39, 0.29) is 29.9 Å². The molecular weight excluding hydrogens is 434 g/mol. The molecule has 3 aromatic rings. The first-order valence-corrected chi connectivity index (χ1v) is 11.1. The van der Waals surface area contributed by atoms with Crippen molar-refractivity contribution in [2.45, 2.75) is 18.9 Å². The molecule has 2 aromatic carbocycles. The van der Waals surface area contributed by atoms with Crippen LogP contribution >= 0.6 is 0 Å². The summed E-state index contributed by atoms with van der Waals surface area (Å²) in [7, 11) is 0. The minimum Gasteiger partial charge on any atom is -0.457 e. The molecule has 9 nitrogen and oxygen atoms in total. The fourth-order valence-corrected chi connectivity index (χ4v) is 4.09. The number of carbonyl (C=O) groups excluding carboxylic acids is 2. The standard InChI is InChI=1S/C25H27N5O4/c26-24-22(25(27)33)23(17-10-12-20(13-11-17)34-19-7-2-1-3-8-19)28-30(24)18-6-4-14-29(16-18)21(32)9-5-15-31/h1-3,5,7-13,18,31H,4,6,14-16,26H2,(H2,27,33)/b9-5+. The molecule has 5 N–H and O–H groups in total. The van der Waals surface area contributed by atoms with Gasteiger partial charge < -0.3 is 26.2 Å². The molecule has 1 saturated heterocycles. The number of para-hydroxylation sites is 1. The first-order chi connectivity index (χ1) is 16.5. The van der Waals surface area contributed by atoms with Crippen LogP contribution in [0.3, 0.4) is 0 Å². The van der Waals surface area contributed by atoms with Crippen molar-refractivity contribution in [3.8, 4) is 22.8 Å². The fourth-order valence-electron chi connectivity index (χ4n) is 4.09. The van der Waals surface area contributed by atoms with E-state index in [4.69, 9.17) is 21.3 Å². The number of aliphatic hydroxyl groups excluding tert-OH is 1. The number of ether oxygens (including phenoxy) is 1. The third kappa shape index (κ3) is 4.94. The Morgan fingerprint density at radius 2 is 1.82 bits per heavy atom. The molecule has 2 heterocycles. The lowest BCUT2D eigenvalue weighted by atomic mass is 10.1. The van der Waals surface area contributed by atoms with Gasteiger partial charge in [0.1, 0.15) is 28.6 Å². The summed E-state index contributed by atoms with van der Waals surface area (Å²) in [5.41, 5.74) is 13.2. The molecule has 1 aromatic heterocycles. The lowest BCUT2D eigenvalue weighted by Crippen LogP contribution is -2.40. The number of piperidine rings is 1. The number of likely N-dealkylation sites (tertiary alicyclic amines) is 1. The normalized spacial score (nSPS) is 16.0. The zero-order chi connectivity index (χ0) is 24.1. The molecule has 0 bridgehead atoms. The number of primary amides is 1. The van der Waals surface area contributed by atoms with Crippen LogP contribution in [0.15, 0.2) is 66.7 Å². The largest absolute Gasteiger partial charge is 0.457 e. The van der Waals surface area contributed by atoms with E-state index in [9.17, 15) is 9.59 Å². The summed E-state index contributed by atoms with van der Waals surface area (Å²) in [4.78, 5) is 26.3. The van der Waals surface area contributed by atoms with Gasteiger partial charge in [0.05, 0.1) is 12.6 Å². The molecular formula is C25H27N5O4. The predicted octanol–water partition coefficient (Wildman–Crippen LogP) is 2.74. The summed E-state index contributed by atoms with van der Waals surface area (Å²) >= 11 is 0. The number of amides is 2. The molecule has 34 heavy (non-hydrogen) atoms. The molecule has 2 amide bonds. The van der Waals surface area contributed by atoms with Gasteiger partial charge >= 0.3 is 0 Å². The number of hydrogen-bond donors (Lipinski definition) is 3. The van der Waals surface area contributed by atoms with E-state index in [1.807, 2.05) is 30.3 Å². The van der Waals surface area contributed by atoms with Crippen molar-refractivity contribution >= 4 is 17.6 Å². The zero-order valence-electron chi connectivity index (χ0n) is 18.6. The van der Waals surface area contributed by atoms with Crippen LogP contribution in [0, 0.1) is 0 Å². The SMILES string of the molecule is NC(=O)c1c(-c2ccc(Oc3ccccc3)cc2)nn(C2CCCN(C(=O)/C=C/CO)C2)c1N. The van der Waals surface area contributed by atoms with Crippen LogP contribution in [-0.4, -0.2) is 51.3 Å². The zero-order valence-corrected chi connectivity index (χ0v) is 18.6. The Morgan fingerprint density at radius 1 is 1.12 bits per heavy atom. The van der Waals surface area contributed by atoms with E-state index in [1.165, 1.54) is 12.2 Å². The Bertz CT molecular complexity index is 1190. The molecule has 0 saturated carbocycles. The van der Waals surface area contributed by atoms with Gasteiger partial charge in [-0.1, -0.05) is 24.3 Å². The van der Waals surface area contributed by atoms with Crippen LogP contribution in [0.1, 0.15) is 29.2 Å². The van der Waals surface area contributed by atoms with Crippen molar-refractivity contribution in [3.63, 3.8) is 0 Å². The van der Waals surface area contributed by atoms with Crippen LogP contribution in [0.2, 0.25) is 0 Å². The van der Waals surface area contributed by atoms with Crippen molar-refractivity contribution in [2.24, 2.45) is 5.73 Å². The highest BCUT2D eigenvalue weighted by Gasteiger charge is 2.29. The number of nitrogen functional groups attached to an aromatic ring is 1. The molecule has 0 radical (unpaired) electrons. The smallest absolute Gasteiger partial charge is 0.254 e. The highest BCUT2D eigenvalue weighted by atomic mass is 16.5. The van der Waals surface area contributed by atoms with E-state index in [0.29, 0.717) is 35.8 Å². The van der Waals surface area contributed by atoms with Crippen molar-refractivity contribution in [1.82, 2.24) is 14.7 Å². The number of rotatable bonds is 7. The molecule has 1 aliphatic heterocycles. The maximum absolute atomic E-state index is 12.4. The van der Waals surface area contributed by atoms with E-state index in [0.717, 1.165) is 12.8 Å². The van der Waals surface area contributed by atoms with Crippen molar-refractivity contribution in [3.05, 3.63) is 72.3 Å². The second kappa shape index (κ2) is 10.2. The van der Waals surface area contributed by atoms with Gasteiger partial charge in [-0.3, -0.25) is 9.59 Å². The van der Waals surface area contributed by atoms with Gasteiger partial charge in [0, 0.05) is 24.7 Å². The van der Waals surface area contributed by atoms with Gasteiger partial charge in [-0.25, -0.2) is 4.68 Å². The number of nitrogens with zero attached hydrogens (tertiary/aromatic N) is 3. The monoisotopic (exact) mass is 461 g/mol. The summed E-state index contributed by atoms with van der Waals surface area (Å²) < 4.78 is 7.43. The number of nitrogens with two attached hydrogens (primary N) is 2. The summed E-state index contributed by atoms with van der Waals surface area (Å²) in [6.45, 7) is 0.794. The Hall–Kier alpha value is -4.11. The molecule has 0 spiro atoms. The van der Waals surface area contributed by atoms with E-state index < -0.39 is 5.91 Å². The molecule has 1 atom stereocenters. The Balaban J connectivity index is 1.60. The molecule has 9 heteroatoms. The van der Waals surface area contributed by atoms with Crippen LogP contribution in [0.4, 0.5) is 5.82 Å². The minimum absolute atomic E-state index is 0.153. The Kier molecular flexibility index (Phi) is 6.93. The molecule has 0 aliphatic carbocycles. The van der Waals surface area contributed by atoms with Crippen LogP contribution in [0.5, 0.6) is 11.5 Å². The molecule has 4 rings (SSSR count). The van der Waals surface area contributed by atoms with Crippen LogP contribution < -0.4 is 16.2 Å². The lowest BCUT2D eigenvalue weighted by Gasteiger charge is -2.32. The van der Waals surface area contributed by atoms with Gasteiger partial charge in [-0.2, -0.15) is 5.10 Å². The van der Waals surface area contributed by atoms with Crippen molar-refractivity contribution in [2.75, 3.05) is 25.4 Å². The van der Waals surface area contributed by atoms with Gasteiger partial charge in [-0.05, 0) is 49.2 Å². The fraction of sp³-hybridized carbons (Fsp3) is 0.240. The third-order valence-electron chi connectivity index (χ3n) is 5.72. The Morgan fingerprint density at radius 3 is 2.50 bits per heavy atom. The third-order valence-corrected chi connectivity index (χ3v) is 5.72. The predicted molar refractivity (Wildman–Crippen MR) is 128 cm³/mol. The summed E-state index contributed by atoms with van der Waals surface area (Å²) in [6.07, 6.45) is 4.27. The van der Waals surface area contributed by atoms with Crippen molar-refractivity contribution in [1.29, 1.82) is 0 Å². The van der Waals surface area contributed by atoms with Gasteiger partial charge in [-0.15, -0.1) is 0 Å². The first kappa shape index (κ1) is 23.1. The maximum Gasteiger partial charge on any atom is 0.254 e. The second-order valence-electron chi connectivity index (χ2n) is 8.02. The Labute approximate surface area is 197 Å². The van der Waals surface area contributed by atoms with Crippen LogP contribution in [-0.2, 0) is 4.79 Å². The van der Waals surface area contributed by atoms with Crippen LogP contribution in [0.25, 0.3) is 11.3 Å². The summed E-state index contributed by atoms with van der Waals surface area (Å²) in [5, 5.41) is 13.6. The van der Waals surface area contributed by atoms with Crippen molar-refractivity contribution < 1.29 is 19.4 Å². The molecule has 1 fully saturated rings. The summed E-state index contributed by atoms with van der Waals surface area (Å²) in [5.74, 6) is 0.677. The second-order valence-corrected chi connectivity index (χ2v) is 8.02. The van der Waals surface area contributed by atoms with E-state index in [2.05, 4.69) is 5.10 Å². The highest BCUT2D eigenvalue weighted by molar-refractivity contribution is 6.03. The summed E-state index contributed by atoms with van der Waals surface area (Å²) in [6, 6.07) is 16.4. The number of aliphatic hydroxyl groups is 1. The maximum atomic E-state index is 12.4. The molecule has 176 valence electrons. The average molecular weight is 462 g/mol. The first-order valence-electron chi connectivity index (χ1n) is 11.1. The molecule has 1 aliphatic rings.